The summed E-state index contributed by atoms with van der Waals surface area (Å²) in [6.07, 6.45) is 4.96. The summed E-state index contributed by atoms with van der Waals surface area (Å²) in [7, 11) is 0. The van der Waals surface area contributed by atoms with Crippen LogP contribution in [-0.4, -0.2) is 16.6 Å². The lowest BCUT2D eigenvalue weighted by Gasteiger charge is -2.37. The summed E-state index contributed by atoms with van der Waals surface area (Å²) in [5.41, 5.74) is 1.60. The summed E-state index contributed by atoms with van der Waals surface area (Å²) in [4.78, 5) is 10.9. The maximum Gasteiger partial charge on any atom is 0.335 e. The van der Waals surface area contributed by atoms with E-state index in [0.29, 0.717) is 5.56 Å². The maximum atomic E-state index is 10.9. The van der Waals surface area contributed by atoms with Gasteiger partial charge in [0.1, 0.15) is 0 Å². The van der Waals surface area contributed by atoms with E-state index >= 15 is 0 Å². The van der Waals surface area contributed by atoms with Crippen molar-refractivity contribution >= 4 is 5.97 Å². The zero-order valence-electron chi connectivity index (χ0n) is 11.8. The number of carboxylic acid groups (broad SMARTS) is 1. The van der Waals surface area contributed by atoms with Gasteiger partial charge in [-0.3, -0.25) is 0 Å². The first kappa shape index (κ1) is 14.1. The zero-order valence-corrected chi connectivity index (χ0v) is 11.8. The van der Waals surface area contributed by atoms with Crippen LogP contribution in [0.4, 0.5) is 0 Å². The Morgan fingerprint density at radius 1 is 1.42 bits per heavy atom. The fraction of sp³-hybridized carbons (Fsp3) is 0.562. The molecular formula is C16H23NO2. The molecule has 19 heavy (non-hydrogen) atoms. The van der Waals surface area contributed by atoms with Gasteiger partial charge in [0.25, 0.3) is 0 Å². The van der Waals surface area contributed by atoms with Gasteiger partial charge in [-0.15, -0.1) is 0 Å². The third-order valence-corrected chi connectivity index (χ3v) is 4.27. The average molecular weight is 261 g/mol. The Morgan fingerprint density at radius 2 is 2.11 bits per heavy atom. The molecule has 1 aliphatic carbocycles. The standard InChI is InChI=1S/C16H23NO2/c1-12-6-8-16(2,9-7-12)17-11-13-4-3-5-14(10-13)15(18)19/h3-5,10,12,17H,6-9,11H2,1-2H3,(H,18,19). The van der Waals surface area contributed by atoms with Crippen molar-refractivity contribution in [3.63, 3.8) is 0 Å². The monoisotopic (exact) mass is 261 g/mol. The van der Waals surface area contributed by atoms with Crippen LogP contribution in [0.25, 0.3) is 0 Å². The van der Waals surface area contributed by atoms with Crippen LogP contribution in [-0.2, 0) is 6.54 Å². The summed E-state index contributed by atoms with van der Waals surface area (Å²) in [5.74, 6) is -0.0234. The minimum absolute atomic E-state index is 0.200. The molecular weight excluding hydrogens is 238 g/mol. The van der Waals surface area contributed by atoms with Crippen LogP contribution in [0, 0.1) is 5.92 Å². The lowest BCUT2D eigenvalue weighted by Crippen LogP contribution is -2.44. The molecule has 1 aromatic rings. The molecule has 0 heterocycles. The number of aromatic carboxylic acids is 1. The van der Waals surface area contributed by atoms with Crippen molar-refractivity contribution in [1.29, 1.82) is 0 Å². The van der Waals surface area contributed by atoms with Crippen molar-refractivity contribution in [2.45, 2.75) is 51.6 Å². The Balaban J connectivity index is 1.95. The molecule has 2 rings (SSSR count). The highest BCUT2D eigenvalue weighted by molar-refractivity contribution is 5.87. The van der Waals surface area contributed by atoms with Gasteiger partial charge in [-0.1, -0.05) is 19.1 Å². The van der Waals surface area contributed by atoms with Gasteiger partial charge in [0, 0.05) is 12.1 Å². The zero-order chi connectivity index (χ0) is 13.9. The Hall–Kier alpha value is -1.35. The third-order valence-electron chi connectivity index (χ3n) is 4.27. The molecule has 2 N–H and O–H groups in total. The first-order valence-electron chi connectivity index (χ1n) is 7.06. The second kappa shape index (κ2) is 5.74. The van der Waals surface area contributed by atoms with Crippen molar-refractivity contribution < 1.29 is 9.90 Å². The fourth-order valence-corrected chi connectivity index (χ4v) is 2.71. The number of carboxylic acids is 1. The van der Waals surface area contributed by atoms with E-state index in [9.17, 15) is 4.79 Å². The molecule has 1 aromatic carbocycles. The lowest BCUT2D eigenvalue weighted by atomic mass is 9.78. The highest BCUT2D eigenvalue weighted by Gasteiger charge is 2.28. The van der Waals surface area contributed by atoms with Gasteiger partial charge in [-0.2, -0.15) is 0 Å². The van der Waals surface area contributed by atoms with Gasteiger partial charge in [0.2, 0.25) is 0 Å². The Kier molecular flexibility index (Phi) is 4.25. The maximum absolute atomic E-state index is 10.9. The van der Waals surface area contributed by atoms with Gasteiger partial charge in [-0.25, -0.2) is 4.79 Å². The van der Waals surface area contributed by atoms with E-state index in [1.807, 2.05) is 12.1 Å². The predicted octanol–water partition coefficient (Wildman–Crippen LogP) is 3.44. The van der Waals surface area contributed by atoms with E-state index in [0.717, 1.165) is 18.0 Å². The molecule has 0 saturated heterocycles. The van der Waals surface area contributed by atoms with E-state index in [4.69, 9.17) is 5.11 Å². The van der Waals surface area contributed by atoms with Crippen LogP contribution in [0.3, 0.4) is 0 Å². The Morgan fingerprint density at radius 3 is 2.74 bits per heavy atom. The molecule has 104 valence electrons. The van der Waals surface area contributed by atoms with E-state index in [1.54, 1.807) is 12.1 Å². The second-order valence-corrected chi connectivity index (χ2v) is 6.10. The third kappa shape index (κ3) is 3.80. The van der Waals surface area contributed by atoms with Gasteiger partial charge < -0.3 is 10.4 Å². The fourth-order valence-electron chi connectivity index (χ4n) is 2.71. The van der Waals surface area contributed by atoms with E-state index < -0.39 is 5.97 Å². The van der Waals surface area contributed by atoms with Crippen LogP contribution >= 0.6 is 0 Å². The summed E-state index contributed by atoms with van der Waals surface area (Å²) in [6, 6.07) is 7.18. The molecule has 1 aliphatic rings. The van der Waals surface area contributed by atoms with Crippen molar-refractivity contribution in [2.75, 3.05) is 0 Å². The lowest BCUT2D eigenvalue weighted by molar-refractivity contribution is 0.0696. The quantitative estimate of drug-likeness (QED) is 0.873. The normalized spacial score (nSPS) is 27.2. The van der Waals surface area contributed by atoms with Crippen molar-refractivity contribution in [3.05, 3.63) is 35.4 Å². The van der Waals surface area contributed by atoms with Crippen molar-refractivity contribution in [3.8, 4) is 0 Å². The van der Waals surface area contributed by atoms with Crippen molar-refractivity contribution in [1.82, 2.24) is 5.32 Å². The van der Waals surface area contributed by atoms with Crippen LogP contribution in [0.5, 0.6) is 0 Å². The molecule has 3 nitrogen and oxygen atoms in total. The Bertz CT molecular complexity index is 448. The second-order valence-electron chi connectivity index (χ2n) is 6.10. The number of carbonyl (C=O) groups is 1. The first-order chi connectivity index (χ1) is 8.98. The molecule has 0 amide bonds. The molecule has 0 atom stereocenters. The summed E-state index contributed by atoms with van der Waals surface area (Å²) >= 11 is 0. The summed E-state index contributed by atoms with van der Waals surface area (Å²) in [5, 5.41) is 12.6. The van der Waals surface area contributed by atoms with Gasteiger partial charge in [0.15, 0.2) is 0 Å². The molecule has 0 unspecified atom stereocenters. The SMILES string of the molecule is CC1CCC(C)(NCc2cccc(C(=O)O)c2)CC1. The molecule has 0 aromatic heterocycles. The molecule has 1 saturated carbocycles. The predicted molar refractivity (Wildman–Crippen MR) is 76.3 cm³/mol. The summed E-state index contributed by atoms with van der Waals surface area (Å²) in [6.45, 7) is 5.34. The van der Waals surface area contributed by atoms with Crippen LogP contribution < -0.4 is 5.32 Å². The highest BCUT2D eigenvalue weighted by Crippen LogP contribution is 2.31. The molecule has 0 aliphatic heterocycles. The molecule has 0 radical (unpaired) electrons. The molecule has 0 spiro atoms. The molecule has 1 fully saturated rings. The van der Waals surface area contributed by atoms with Crippen LogP contribution in [0.1, 0.15) is 55.5 Å². The highest BCUT2D eigenvalue weighted by atomic mass is 16.4. The van der Waals surface area contributed by atoms with Crippen LogP contribution in [0.15, 0.2) is 24.3 Å². The Labute approximate surface area is 115 Å². The van der Waals surface area contributed by atoms with Crippen LogP contribution in [0.2, 0.25) is 0 Å². The molecule has 0 bridgehead atoms. The van der Waals surface area contributed by atoms with E-state index in [2.05, 4.69) is 19.2 Å². The van der Waals surface area contributed by atoms with Crippen molar-refractivity contribution in [2.24, 2.45) is 5.92 Å². The topological polar surface area (TPSA) is 49.3 Å². The van der Waals surface area contributed by atoms with Gasteiger partial charge >= 0.3 is 5.97 Å². The number of hydrogen-bond acceptors (Lipinski definition) is 2. The summed E-state index contributed by atoms with van der Waals surface area (Å²) < 4.78 is 0. The van der Waals surface area contributed by atoms with E-state index in [-0.39, 0.29) is 5.54 Å². The van der Waals surface area contributed by atoms with Gasteiger partial charge in [-0.05, 0) is 56.2 Å². The number of benzene rings is 1. The van der Waals surface area contributed by atoms with E-state index in [1.165, 1.54) is 25.7 Å². The smallest absolute Gasteiger partial charge is 0.335 e. The largest absolute Gasteiger partial charge is 0.478 e. The minimum Gasteiger partial charge on any atom is -0.478 e. The molecule has 3 heteroatoms. The minimum atomic E-state index is -0.862. The first-order valence-corrected chi connectivity index (χ1v) is 7.06. The number of hydrogen-bond donors (Lipinski definition) is 2. The number of nitrogens with one attached hydrogen (secondary N) is 1. The van der Waals surface area contributed by atoms with Gasteiger partial charge in [0.05, 0.1) is 5.56 Å². The average Bonchev–Trinajstić information content (AvgIpc) is 2.41. The number of rotatable bonds is 4.